The van der Waals surface area contributed by atoms with E-state index in [1.54, 1.807) is 6.20 Å². The highest BCUT2D eigenvalue weighted by molar-refractivity contribution is 7.88. The molecule has 0 spiro atoms. The van der Waals surface area contributed by atoms with Crippen LogP contribution >= 0.6 is 0 Å². The molecule has 0 saturated carbocycles. The van der Waals surface area contributed by atoms with Crippen LogP contribution in [0.4, 0.5) is 11.8 Å². The molecule has 128 valence electrons. The number of aromatic nitrogens is 2. The Hall–Kier alpha value is -1.45. The van der Waals surface area contributed by atoms with Gasteiger partial charge in [0, 0.05) is 38.4 Å². The molecule has 0 aliphatic carbocycles. The molecular formula is C14H23N5O3S. The summed E-state index contributed by atoms with van der Waals surface area (Å²) in [5.74, 6) is 1.37. The van der Waals surface area contributed by atoms with Crippen molar-refractivity contribution in [3.8, 4) is 0 Å². The molecule has 2 saturated heterocycles. The fourth-order valence-electron chi connectivity index (χ4n) is 3.06. The maximum absolute atomic E-state index is 11.5. The fraction of sp³-hybridized carbons (Fsp3) is 0.714. The Morgan fingerprint density at radius 2 is 2.00 bits per heavy atom. The van der Waals surface area contributed by atoms with E-state index < -0.39 is 10.0 Å². The molecule has 0 bridgehead atoms. The van der Waals surface area contributed by atoms with Crippen molar-refractivity contribution in [1.82, 2.24) is 14.3 Å². The molecule has 2 fully saturated rings. The summed E-state index contributed by atoms with van der Waals surface area (Å²) in [5.41, 5.74) is 0. The van der Waals surface area contributed by atoms with Crippen LogP contribution < -0.4 is 10.2 Å². The molecule has 3 rings (SSSR count). The summed E-state index contributed by atoms with van der Waals surface area (Å²) in [4.78, 5) is 10.8. The topological polar surface area (TPSA) is 98.7 Å². The van der Waals surface area contributed by atoms with E-state index in [2.05, 4.69) is 15.3 Å². The molecular weight excluding hydrogens is 318 g/mol. The van der Waals surface area contributed by atoms with Crippen LogP contribution in [0.15, 0.2) is 12.3 Å². The normalized spacial score (nSPS) is 24.1. The zero-order valence-corrected chi connectivity index (χ0v) is 14.0. The van der Waals surface area contributed by atoms with Crippen molar-refractivity contribution in [1.29, 1.82) is 0 Å². The van der Waals surface area contributed by atoms with Crippen LogP contribution in [-0.4, -0.2) is 72.4 Å². The fourth-order valence-corrected chi connectivity index (χ4v) is 3.93. The number of β-amino-alcohol motifs (C(OH)–C–C–N with tert-alkyl or cyclic N) is 1. The van der Waals surface area contributed by atoms with Crippen LogP contribution in [-0.2, 0) is 10.0 Å². The van der Waals surface area contributed by atoms with Gasteiger partial charge in [0.25, 0.3) is 0 Å². The Bertz CT molecular complexity index is 646. The first-order chi connectivity index (χ1) is 10.9. The van der Waals surface area contributed by atoms with Gasteiger partial charge >= 0.3 is 0 Å². The molecule has 2 aliphatic rings. The number of anilines is 2. The van der Waals surface area contributed by atoms with Gasteiger partial charge in [-0.15, -0.1) is 0 Å². The third-order valence-electron chi connectivity index (χ3n) is 4.38. The minimum atomic E-state index is -3.10. The van der Waals surface area contributed by atoms with Gasteiger partial charge in [0.1, 0.15) is 5.82 Å². The molecule has 2 N–H and O–H groups in total. The highest BCUT2D eigenvalue weighted by atomic mass is 32.2. The third-order valence-corrected chi connectivity index (χ3v) is 5.69. The number of aliphatic hydroxyl groups excluding tert-OH is 1. The average Bonchev–Trinajstić information content (AvgIpc) is 2.94. The monoisotopic (exact) mass is 341 g/mol. The SMILES string of the molecule is CS(=O)(=O)N1CCC(Nc2nccc(N3CCC(O)C3)n2)CC1. The summed E-state index contributed by atoms with van der Waals surface area (Å²) < 4.78 is 24.6. The maximum atomic E-state index is 11.5. The van der Waals surface area contributed by atoms with E-state index in [1.165, 1.54) is 10.6 Å². The molecule has 2 aliphatic heterocycles. The lowest BCUT2D eigenvalue weighted by Gasteiger charge is -2.30. The predicted molar refractivity (Wildman–Crippen MR) is 87.9 cm³/mol. The smallest absolute Gasteiger partial charge is 0.224 e. The third kappa shape index (κ3) is 4.10. The van der Waals surface area contributed by atoms with Crippen molar-refractivity contribution in [2.75, 3.05) is 42.7 Å². The van der Waals surface area contributed by atoms with Gasteiger partial charge in [-0.2, -0.15) is 4.98 Å². The van der Waals surface area contributed by atoms with Crippen LogP contribution in [0.5, 0.6) is 0 Å². The molecule has 1 atom stereocenters. The second kappa shape index (κ2) is 6.58. The predicted octanol–water partition coefficient (Wildman–Crippen LogP) is -0.116. The number of nitrogens with zero attached hydrogens (tertiary/aromatic N) is 4. The number of hydrogen-bond acceptors (Lipinski definition) is 7. The maximum Gasteiger partial charge on any atom is 0.224 e. The van der Waals surface area contributed by atoms with Crippen LogP contribution in [0.1, 0.15) is 19.3 Å². The first-order valence-electron chi connectivity index (χ1n) is 7.89. The summed E-state index contributed by atoms with van der Waals surface area (Å²) in [6.45, 7) is 2.44. The Kier molecular flexibility index (Phi) is 4.69. The summed E-state index contributed by atoms with van der Waals surface area (Å²) in [6, 6.07) is 2.02. The van der Waals surface area contributed by atoms with E-state index in [9.17, 15) is 13.5 Å². The number of nitrogens with one attached hydrogen (secondary N) is 1. The standard InChI is InChI=1S/C14H23N5O3S/c1-23(21,22)19-8-3-11(4-9-19)16-14-15-6-2-13(17-14)18-7-5-12(20)10-18/h2,6,11-12,20H,3-5,7-10H2,1H3,(H,15,16,17). The first kappa shape index (κ1) is 16.4. The van der Waals surface area contributed by atoms with E-state index in [1.807, 2.05) is 11.0 Å². The van der Waals surface area contributed by atoms with Gasteiger partial charge in [0.05, 0.1) is 12.4 Å². The Morgan fingerprint density at radius 1 is 1.26 bits per heavy atom. The molecule has 23 heavy (non-hydrogen) atoms. The van der Waals surface area contributed by atoms with Gasteiger partial charge in [-0.25, -0.2) is 17.7 Å². The van der Waals surface area contributed by atoms with E-state index in [0.29, 0.717) is 25.6 Å². The van der Waals surface area contributed by atoms with Gasteiger partial charge in [-0.3, -0.25) is 0 Å². The van der Waals surface area contributed by atoms with Crippen molar-refractivity contribution in [2.45, 2.75) is 31.4 Å². The second-order valence-corrected chi connectivity index (χ2v) is 8.19. The average molecular weight is 341 g/mol. The number of sulfonamides is 1. The molecule has 8 nitrogen and oxygen atoms in total. The molecule has 0 radical (unpaired) electrons. The minimum Gasteiger partial charge on any atom is -0.391 e. The molecule has 0 amide bonds. The van der Waals surface area contributed by atoms with Crippen molar-refractivity contribution in [3.05, 3.63) is 12.3 Å². The van der Waals surface area contributed by atoms with Crippen LogP contribution in [0.3, 0.4) is 0 Å². The van der Waals surface area contributed by atoms with Crippen molar-refractivity contribution >= 4 is 21.8 Å². The van der Waals surface area contributed by atoms with Crippen LogP contribution in [0, 0.1) is 0 Å². The molecule has 0 aromatic carbocycles. The molecule has 1 aromatic heterocycles. The zero-order valence-electron chi connectivity index (χ0n) is 13.2. The minimum absolute atomic E-state index is 0.174. The summed E-state index contributed by atoms with van der Waals surface area (Å²) >= 11 is 0. The number of rotatable bonds is 4. The molecule has 3 heterocycles. The van der Waals surface area contributed by atoms with E-state index in [0.717, 1.165) is 31.6 Å². The zero-order chi connectivity index (χ0) is 16.4. The van der Waals surface area contributed by atoms with Gasteiger partial charge in [0.2, 0.25) is 16.0 Å². The lowest BCUT2D eigenvalue weighted by atomic mass is 10.1. The van der Waals surface area contributed by atoms with Crippen LogP contribution in [0.25, 0.3) is 0 Å². The van der Waals surface area contributed by atoms with Crippen molar-refractivity contribution in [3.63, 3.8) is 0 Å². The largest absolute Gasteiger partial charge is 0.391 e. The van der Waals surface area contributed by atoms with Gasteiger partial charge in [-0.05, 0) is 25.3 Å². The van der Waals surface area contributed by atoms with Gasteiger partial charge in [-0.1, -0.05) is 0 Å². The van der Waals surface area contributed by atoms with E-state index in [-0.39, 0.29) is 12.1 Å². The molecule has 1 aromatic rings. The summed E-state index contributed by atoms with van der Waals surface area (Å²) in [7, 11) is -3.10. The molecule has 1 unspecified atom stereocenters. The number of piperidine rings is 1. The molecule has 9 heteroatoms. The highest BCUT2D eigenvalue weighted by Gasteiger charge is 2.26. The summed E-state index contributed by atoms with van der Waals surface area (Å²) in [5, 5.41) is 12.9. The quantitative estimate of drug-likeness (QED) is 0.788. The van der Waals surface area contributed by atoms with Crippen LogP contribution in [0.2, 0.25) is 0 Å². The number of hydrogen-bond donors (Lipinski definition) is 2. The number of aliphatic hydroxyl groups is 1. The van der Waals surface area contributed by atoms with Crippen molar-refractivity contribution < 1.29 is 13.5 Å². The van der Waals surface area contributed by atoms with E-state index >= 15 is 0 Å². The van der Waals surface area contributed by atoms with Gasteiger partial charge in [0.15, 0.2) is 0 Å². The van der Waals surface area contributed by atoms with Gasteiger partial charge < -0.3 is 15.3 Å². The Morgan fingerprint density at radius 3 is 2.61 bits per heavy atom. The summed E-state index contributed by atoms with van der Waals surface area (Å²) in [6.07, 6.45) is 4.91. The second-order valence-electron chi connectivity index (χ2n) is 6.21. The lowest BCUT2D eigenvalue weighted by molar-refractivity contribution is 0.198. The van der Waals surface area contributed by atoms with Crippen molar-refractivity contribution in [2.24, 2.45) is 0 Å². The first-order valence-corrected chi connectivity index (χ1v) is 9.74. The Balaban J connectivity index is 1.59. The lowest BCUT2D eigenvalue weighted by Crippen LogP contribution is -2.42. The Labute approximate surface area is 136 Å². The highest BCUT2D eigenvalue weighted by Crippen LogP contribution is 2.20. The van der Waals surface area contributed by atoms with E-state index in [4.69, 9.17) is 0 Å².